The molecule has 2 aromatic rings. The Labute approximate surface area is 154 Å². The number of halogens is 1. The van der Waals surface area contributed by atoms with Gasteiger partial charge in [0.15, 0.2) is 0 Å². The zero-order valence-corrected chi connectivity index (χ0v) is 15.4. The number of hydrogen-bond acceptors (Lipinski definition) is 3. The van der Waals surface area contributed by atoms with E-state index in [1.54, 1.807) is 0 Å². The quantitative estimate of drug-likeness (QED) is 0.854. The molecule has 0 aliphatic carbocycles. The average molecular weight is 360 g/mol. The molecule has 2 N–H and O–H groups in total. The first-order valence-electron chi connectivity index (χ1n) is 8.90. The molecule has 0 aromatic heterocycles. The van der Waals surface area contributed by atoms with Crippen molar-refractivity contribution in [3.05, 3.63) is 59.1 Å². The van der Waals surface area contributed by atoms with Gasteiger partial charge in [-0.3, -0.25) is 0 Å². The number of hydrogen-bond donors (Lipinski definition) is 2. The van der Waals surface area contributed by atoms with Crippen LogP contribution in [0.3, 0.4) is 0 Å². The third-order valence-electron chi connectivity index (χ3n) is 5.03. The highest BCUT2D eigenvalue weighted by Gasteiger charge is 2.28. The van der Waals surface area contributed by atoms with Crippen molar-refractivity contribution in [2.75, 3.05) is 19.6 Å². The number of β-amino-alcohol motifs (C(OH)–C–C–N with tert-alkyl or cyclic N) is 1. The van der Waals surface area contributed by atoms with E-state index in [9.17, 15) is 10.2 Å². The minimum absolute atomic E-state index is 0.420. The molecular weight excluding hydrogens is 334 g/mol. The van der Waals surface area contributed by atoms with Gasteiger partial charge in [0.05, 0.1) is 11.7 Å². The summed E-state index contributed by atoms with van der Waals surface area (Å²) in [4.78, 5) is 2.24. The first-order chi connectivity index (χ1) is 11.9. The molecule has 0 spiro atoms. The van der Waals surface area contributed by atoms with Gasteiger partial charge in [-0.15, -0.1) is 0 Å². The van der Waals surface area contributed by atoms with Crippen LogP contribution in [0.15, 0.2) is 48.5 Å². The molecule has 3 nitrogen and oxygen atoms in total. The fourth-order valence-electron chi connectivity index (χ4n) is 3.44. The minimum Gasteiger partial charge on any atom is -0.391 e. The van der Waals surface area contributed by atoms with Crippen molar-refractivity contribution >= 4 is 11.6 Å². The van der Waals surface area contributed by atoms with Crippen LogP contribution in [0.1, 0.15) is 25.3 Å². The van der Waals surface area contributed by atoms with Gasteiger partial charge in [0.25, 0.3) is 0 Å². The van der Waals surface area contributed by atoms with Gasteiger partial charge in [-0.05, 0) is 48.6 Å². The highest BCUT2D eigenvalue weighted by atomic mass is 35.5. The summed E-state index contributed by atoms with van der Waals surface area (Å²) in [7, 11) is 0. The molecule has 25 heavy (non-hydrogen) atoms. The standard InChI is InChI=1S/C21H26ClNO2/c1-21(25)10-12-23(13-11-21)15-19(24)14-17-4-2-3-5-20(17)16-6-8-18(22)9-7-16/h2-9,19,24-25H,10-15H2,1H3. The second-order valence-corrected chi connectivity index (χ2v) is 7.76. The molecular formula is C21H26ClNO2. The van der Waals surface area contributed by atoms with Crippen molar-refractivity contribution in [3.8, 4) is 11.1 Å². The van der Waals surface area contributed by atoms with E-state index in [2.05, 4.69) is 17.0 Å². The maximum Gasteiger partial charge on any atom is 0.0707 e. The lowest BCUT2D eigenvalue weighted by Crippen LogP contribution is -2.45. The monoisotopic (exact) mass is 359 g/mol. The molecule has 4 heteroatoms. The van der Waals surface area contributed by atoms with Crippen LogP contribution in [0.5, 0.6) is 0 Å². The number of aliphatic hydroxyl groups is 2. The molecule has 1 aliphatic heterocycles. The summed E-state index contributed by atoms with van der Waals surface area (Å²) in [5.74, 6) is 0. The fourth-order valence-corrected chi connectivity index (χ4v) is 3.57. The molecule has 0 amide bonds. The van der Waals surface area contributed by atoms with E-state index in [0.717, 1.165) is 47.6 Å². The van der Waals surface area contributed by atoms with Crippen molar-refractivity contribution in [3.63, 3.8) is 0 Å². The number of piperidine rings is 1. The van der Waals surface area contributed by atoms with Crippen LogP contribution in [0, 0.1) is 0 Å². The third kappa shape index (κ3) is 5.05. The van der Waals surface area contributed by atoms with E-state index >= 15 is 0 Å². The van der Waals surface area contributed by atoms with E-state index in [4.69, 9.17) is 11.6 Å². The molecule has 2 aromatic carbocycles. The Hall–Kier alpha value is -1.39. The van der Waals surface area contributed by atoms with E-state index in [-0.39, 0.29) is 0 Å². The number of likely N-dealkylation sites (tertiary alicyclic amines) is 1. The Kier molecular flexibility index (Phi) is 5.80. The van der Waals surface area contributed by atoms with Gasteiger partial charge in [-0.1, -0.05) is 48.0 Å². The van der Waals surface area contributed by atoms with E-state index in [1.165, 1.54) is 0 Å². The van der Waals surface area contributed by atoms with E-state index in [1.807, 2.05) is 43.3 Å². The molecule has 1 fully saturated rings. The van der Waals surface area contributed by atoms with Crippen LogP contribution in [-0.4, -0.2) is 46.5 Å². The second-order valence-electron chi connectivity index (χ2n) is 7.32. The van der Waals surface area contributed by atoms with Gasteiger partial charge in [0.2, 0.25) is 0 Å². The SMILES string of the molecule is CC1(O)CCN(CC(O)Cc2ccccc2-c2ccc(Cl)cc2)CC1. The highest BCUT2D eigenvalue weighted by molar-refractivity contribution is 6.30. The van der Waals surface area contributed by atoms with Gasteiger partial charge in [-0.2, -0.15) is 0 Å². The summed E-state index contributed by atoms with van der Waals surface area (Å²) in [6.45, 7) is 4.21. The van der Waals surface area contributed by atoms with E-state index in [0.29, 0.717) is 13.0 Å². The predicted molar refractivity (Wildman–Crippen MR) is 103 cm³/mol. The van der Waals surface area contributed by atoms with E-state index < -0.39 is 11.7 Å². The summed E-state index contributed by atoms with van der Waals surface area (Å²) in [6, 6.07) is 16.0. The van der Waals surface area contributed by atoms with Gasteiger partial charge in [0, 0.05) is 31.1 Å². The predicted octanol–water partition coefficient (Wildman–Crippen LogP) is 3.76. The Morgan fingerprint density at radius 3 is 2.40 bits per heavy atom. The van der Waals surface area contributed by atoms with Crippen molar-refractivity contribution in [1.29, 1.82) is 0 Å². The second kappa shape index (κ2) is 7.88. The van der Waals surface area contributed by atoms with Crippen LogP contribution in [0.2, 0.25) is 5.02 Å². The molecule has 134 valence electrons. The van der Waals surface area contributed by atoms with Crippen LogP contribution in [0.25, 0.3) is 11.1 Å². The minimum atomic E-state index is -0.553. The maximum absolute atomic E-state index is 10.6. The van der Waals surface area contributed by atoms with Gasteiger partial charge >= 0.3 is 0 Å². The molecule has 1 atom stereocenters. The largest absolute Gasteiger partial charge is 0.391 e. The number of aliphatic hydroxyl groups excluding tert-OH is 1. The molecule has 1 saturated heterocycles. The molecule has 1 heterocycles. The lowest BCUT2D eigenvalue weighted by atomic mass is 9.93. The highest BCUT2D eigenvalue weighted by Crippen LogP contribution is 2.27. The zero-order chi connectivity index (χ0) is 17.9. The van der Waals surface area contributed by atoms with Crippen molar-refractivity contribution in [2.45, 2.75) is 37.9 Å². The topological polar surface area (TPSA) is 43.7 Å². The molecule has 0 radical (unpaired) electrons. The Morgan fingerprint density at radius 2 is 1.72 bits per heavy atom. The number of nitrogens with zero attached hydrogens (tertiary/aromatic N) is 1. The van der Waals surface area contributed by atoms with Gasteiger partial charge < -0.3 is 15.1 Å². The third-order valence-corrected chi connectivity index (χ3v) is 5.28. The maximum atomic E-state index is 10.6. The fraction of sp³-hybridized carbons (Fsp3) is 0.429. The van der Waals surface area contributed by atoms with Gasteiger partial charge in [-0.25, -0.2) is 0 Å². The number of rotatable bonds is 5. The van der Waals surface area contributed by atoms with Crippen molar-refractivity contribution in [1.82, 2.24) is 4.90 Å². The summed E-state index contributed by atoms with van der Waals surface area (Å²) in [5, 5.41) is 21.3. The first-order valence-corrected chi connectivity index (χ1v) is 9.27. The molecule has 1 aliphatic rings. The first kappa shape index (κ1) is 18.4. The van der Waals surface area contributed by atoms with Gasteiger partial charge in [0.1, 0.15) is 0 Å². The van der Waals surface area contributed by atoms with Crippen molar-refractivity contribution < 1.29 is 10.2 Å². The number of benzene rings is 2. The summed E-state index contributed by atoms with van der Waals surface area (Å²) >= 11 is 5.99. The molecule has 1 unspecified atom stereocenters. The lowest BCUT2D eigenvalue weighted by molar-refractivity contribution is -0.0157. The molecule has 0 bridgehead atoms. The van der Waals surface area contributed by atoms with Crippen molar-refractivity contribution in [2.24, 2.45) is 0 Å². The summed E-state index contributed by atoms with van der Waals surface area (Å²) in [6.07, 6.45) is 1.73. The Balaban J connectivity index is 1.66. The normalized spacial score (nSPS) is 18.9. The summed E-state index contributed by atoms with van der Waals surface area (Å²) < 4.78 is 0. The average Bonchev–Trinajstić information content (AvgIpc) is 2.58. The van der Waals surface area contributed by atoms with Crippen LogP contribution >= 0.6 is 11.6 Å². The Morgan fingerprint density at radius 1 is 1.08 bits per heavy atom. The summed E-state index contributed by atoms with van der Waals surface area (Å²) in [5.41, 5.74) is 2.84. The molecule has 3 rings (SSSR count). The Bertz CT molecular complexity index is 689. The van der Waals surface area contributed by atoms with Crippen LogP contribution < -0.4 is 0 Å². The lowest BCUT2D eigenvalue weighted by Gasteiger charge is -2.36. The molecule has 0 saturated carbocycles. The zero-order valence-electron chi connectivity index (χ0n) is 14.7. The smallest absolute Gasteiger partial charge is 0.0707 e. The van der Waals surface area contributed by atoms with Crippen LogP contribution in [0.4, 0.5) is 0 Å². The van der Waals surface area contributed by atoms with Crippen LogP contribution in [-0.2, 0) is 6.42 Å².